The van der Waals surface area contributed by atoms with Crippen LogP contribution in [-0.4, -0.2) is 36.7 Å². The average Bonchev–Trinajstić information content (AvgIpc) is 2.61. The highest BCUT2D eigenvalue weighted by molar-refractivity contribution is 9.10. The Morgan fingerprint density at radius 2 is 1.83 bits per heavy atom. The van der Waals surface area contributed by atoms with Gasteiger partial charge in [-0.25, -0.2) is 4.79 Å². The molecular formula is C17H13BrO6. The van der Waals surface area contributed by atoms with Gasteiger partial charge in [-0.1, -0.05) is 15.9 Å². The molecule has 2 aromatic rings. The Labute approximate surface area is 146 Å². The molecule has 124 valence electrons. The molecule has 2 aromatic carbocycles. The van der Waals surface area contributed by atoms with Gasteiger partial charge in [0.05, 0.1) is 0 Å². The number of ether oxygens (including phenoxy) is 3. The van der Waals surface area contributed by atoms with Crippen LogP contribution < -0.4 is 9.47 Å². The maximum Gasteiger partial charge on any atom is 0.342 e. The Morgan fingerprint density at radius 1 is 1.08 bits per heavy atom. The SMILES string of the molecule is O=C(COC(=O)c1cc(Br)ccc1O)c1ccc2c(c1)OCCO2. The lowest BCUT2D eigenvalue weighted by Crippen LogP contribution is -2.17. The van der Waals surface area contributed by atoms with Crippen molar-refractivity contribution in [1.29, 1.82) is 0 Å². The number of aromatic hydroxyl groups is 1. The predicted molar refractivity (Wildman–Crippen MR) is 87.9 cm³/mol. The highest BCUT2D eigenvalue weighted by Gasteiger charge is 2.18. The summed E-state index contributed by atoms with van der Waals surface area (Å²) in [6.45, 7) is 0.445. The molecule has 0 aromatic heterocycles. The monoisotopic (exact) mass is 392 g/mol. The fourth-order valence-corrected chi connectivity index (χ4v) is 2.54. The van der Waals surface area contributed by atoms with Crippen LogP contribution in [-0.2, 0) is 4.74 Å². The fourth-order valence-electron chi connectivity index (χ4n) is 2.18. The second-order valence-corrected chi connectivity index (χ2v) is 5.93. The first-order valence-electron chi connectivity index (χ1n) is 7.13. The number of phenolic OH excluding ortho intramolecular Hbond substituents is 1. The van der Waals surface area contributed by atoms with Gasteiger partial charge in [-0.2, -0.15) is 0 Å². The Kier molecular flexibility index (Phi) is 4.71. The zero-order valence-electron chi connectivity index (χ0n) is 12.5. The van der Waals surface area contributed by atoms with Gasteiger partial charge in [0.1, 0.15) is 24.5 Å². The Morgan fingerprint density at radius 3 is 2.62 bits per heavy atom. The molecule has 1 heterocycles. The maximum atomic E-state index is 12.2. The van der Waals surface area contributed by atoms with Crippen LogP contribution in [0, 0.1) is 0 Å². The van der Waals surface area contributed by atoms with Crippen LogP contribution >= 0.6 is 15.9 Å². The first kappa shape index (κ1) is 16.3. The molecule has 0 saturated carbocycles. The topological polar surface area (TPSA) is 82.1 Å². The summed E-state index contributed by atoms with van der Waals surface area (Å²) in [4.78, 5) is 24.2. The molecule has 0 unspecified atom stereocenters. The molecule has 24 heavy (non-hydrogen) atoms. The second-order valence-electron chi connectivity index (χ2n) is 5.02. The van der Waals surface area contributed by atoms with Crippen molar-refractivity contribution >= 4 is 27.7 Å². The van der Waals surface area contributed by atoms with E-state index < -0.39 is 12.6 Å². The van der Waals surface area contributed by atoms with Gasteiger partial charge < -0.3 is 19.3 Å². The van der Waals surface area contributed by atoms with E-state index in [1.807, 2.05) is 0 Å². The van der Waals surface area contributed by atoms with E-state index in [9.17, 15) is 14.7 Å². The number of ketones is 1. The summed E-state index contributed by atoms with van der Waals surface area (Å²) in [7, 11) is 0. The standard InChI is InChI=1S/C17H13BrO6/c18-11-2-3-13(19)12(8-11)17(21)24-9-14(20)10-1-4-15-16(7-10)23-6-5-22-15/h1-4,7-8,19H,5-6,9H2. The first-order chi connectivity index (χ1) is 11.5. The average molecular weight is 393 g/mol. The first-order valence-corrected chi connectivity index (χ1v) is 7.92. The summed E-state index contributed by atoms with van der Waals surface area (Å²) in [5, 5.41) is 9.68. The molecule has 0 atom stereocenters. The zero-order chi connectivity index (χ0) is 17.1. The van der Waals surface area contributed by atoms with Crippen molar-refractivity contribution in [3.05, 3.63) is 52.0 Å². The van der Waals surface area contributed by atoms with Crippen molar-refractivity contribution < 1.29 is 28.9 Å². The molecular weight excluding hydrogens is 380 g/mol. The summed E-state index contributed by atoms with van der Waals surface area (Å²) < 4.78 is 16.4. The van der Waals surface area contributed by atoms with Crippen LogP contribution in [0.3, 0.4) is 0 Å². The third kappa shape index (κ3) is 3.51. The summed E-state index contributed by atoms with van der Waals surface area (Å²) in [5.74, 6) is -0.304. The molecule has 0 bridgehead atoms. The van der Waals surface area contributed by atoms with Crippen LogP contribution in [0.15, 0.2) is 40.9 Å². The fraction of sp³-hybridized carbons (Fsp3) is 0.176. The number of carbonyl (C=O) groups is 2. The van der Waals surface area contributed by atoms with E-state index in [0.29, 0.717) is 34.7 Å². The lowest BCUT2D eigenvalue weighted by molar-refractivity contribution is 0.0471. The Balaban J connectivity index is 1.67. The number of carbonyl (C=O) groups excluding carboxylic acids is 2. The van der Waals surface area contributed by atoms with Crippen LogP contribution in [0.4, 0.5) is 0 Å². The van der Waals surface area contributed by atoms with Gasteiger partial charge in [-0.3, -0.25) is 4.79 Å². The molecule has 3 rings (SSSR count). The van der Waals surface area contributed by atoms with Crippen LogP contribution in [0.1, 0.15) is 20.7 Å². The van der Waals surface area contributed by atoms with Gasteiger partial charge in [-0.15, -0.1) is 0 Å². The molecule has 1 aliphatic rings. The highest BCUT2D eigenvalue weighted by atomic mass is 79.9. The molecule has 0 saturated heterocycles. The number of esters is 1. The summed E-state index contributed by atoms with van der Waals surface area (Å²) >= 11 is 3.20. The summed E-state index contributed by atoms with van der Waals surface area (Å²) in [6.07, 6.45) is 0. The minimum Gasteiger partial charge on any atom is -0.507 e. The van der Waals surface area contributed by atoms with Gasteiger partial charge in [0.15, 0.2) is 23.9 Å². The number of Topliss-reactive ketones (excluding diaryl/α,β-unsaturated/α-hetero) is 1. The molecule has 1 aliphatic heterocycles. The molecule has 0 aliphatic carbocycles. The molecule has 6 nitrogen and oxygen atoms in total. The largest absolute Gasteiger partial charge is 0.507 e. The van der Waals surface area contributed by atoms with E-state index in [2.05, 4.69) is 15.9 Å². The lowest BCUT2D eigenvalue weighted by Gasteiger charge is -2.18. The van der Waals surface area contributed by atoms with Crippen molar-refractivity contribution in [3.63, 3.8) is 0 Å². The van der Waals surface area contributed by atoms with Crippen LogP contribution in [0.25, 0.3) is 0 Å². The van der Waals surface area contributed by atoms with E-state index in [1.54, 1.807) is 24.3 Å². The van der Waals surface area contributed by atoms with E-state index in [-0.39, 0.29) is 17.1 Å². The smallest absolute Gasteiger partial charge is 0.342 e. The number of hydrogen-bond acceptors (Lipinski definition) is 6. The quantitative estimate of drug-likeness (QED) is 0.636. The van der Waals surface area contributed by atoms with Crippen LogP contribution in [0.5, 0.6) is 17.2 Å². The molecule has 7 heteroatoms. The third-order valence-corrected chi connectivity index (χ3v) is 3.87. The second kappa shape index (κ2) is 6.92. The van der Waals surface area contributed by atoms with Crippen molar-refractivity contribution in [1.82, 2.24) is 0 Å². The summed E-state index contributed by atoms with van der Waals surface area (Å²) in [6, 6.07) is 9.16. The summed E-state index contributed by atoms with van der Waals surface area (Å²) in [5.41, 5.74) is 0.338. The maximum absolute atomic E-state index is 12.2. The highest BCUT2D eigenvalue weighted by Crippen LogP contribution is 2.31. The molecule has 0 spiro atoms. The van der Waals surface area contributed by atoms with Crippen molar-refractivity contribution in [2.45, 2.75) is 0 Å². The number of benzene rings is 2. The van der Waals surface area contributed by atoms with E-state index >= 15 is 0 Å². The molecule has 1 N–H and O–H groups in total. The van der Waals surface area contributed by atoms with Gasteiger partial charge in [0, 0.05) is 10.0 Å². The van der Waals surface area contributed by atoms with Gasteiger partial charge >= 0.3 is 5.97 Å². The van der Waals surface area contributed by atoms with Crippen molar-refractivity contribution in [2.24, 2.45) is 0 Å². The van der Waals surface area contributed by atoms with Crippen LogP contribution in [0.2, 0.25) is 0 Å². The number of rotatable bonds is 4. The van der Waals surface area contributed by atoms with Gasteiger partial charge in [0.25, 0.3) is 0 Å². The third-order valence-electron chi connectivity index (χ3n) is 3.38. The number of fused-ring (bicyclic) bond motifs is 1. The minimum absolute atomic E-state index is 0.0145. The van der Waals surface area contributed by atoms with Crippen molar-refractivity contribution in [2.75, 3.05) is 19.8 Å². The van der Waals surface area contributed by atoms with Crippen molar-refractivity contribution in [3.8, 4) is 17.2 Å². The van der Waals surface area contributed by atoms with E-state index in [4.69, 9.17) is 14.2 Å². The minimum atomic E-state index is -0.778. The number of hydrogen-bond donors (Lipinski definition) is 1. The molecule has 0 fully saturated rings. The zero-order valence-corrected chi connectivity index (χ0v) is 14.0. The number of phenols is 1. The Hall–Kier alpha value is -2.54. The van der Waals surface area contributed by atoms with E-state index in [0.717, 1.165) is 0 Å². The molecule has 0 radical (unpaired) electrons. The Bertz CT molecular complexity index is 802. The molecule has 0 amide bonds. The van der Waals surface area contributed by atoms with Gasteiger partial charge in [0.2, 0.25) is 0 Å². The lowest BCUT2D eigenvalue weighted by atomic mass is 10.1. The van der Waals surface area contributed by atoms with E-state index in [1.165, 1.54) is 12.1 Å². The normalized spacial score (nSPS) is 12.5. The predicted octanol–water partition coefficient (Wildman–Crippen LogP) is 2.97. The number of halogens is 1. The van der Waals surface area contributed by atoms with Gasteiger partial charge in [-0.05, 0) is 36.4 Å².